The van der Waals surface area contributed by atoms with Gasteiger partial charge in [-0.05, 0) is 36.8 Å². The molecule has 4 nitrogen and oxygen atoms in total. The van der Waals surface area contributed by atoms with Gasteiger partial charge in [-0.3, -0.25) is 9.78 Å². The van der Waals surface area contributed by atoms with Crippen molar-refractivity contribution in [3.63, 3.8) is 0 Å². The highest BCUT2D eigenvalue weighted by Crippen LogP contribution is 2.23. The first-order chi connectivity index (χ1) is 10.2. The van der Waals surface area contributed by atoms with Gasteiger partial charge in [0.05, 0.1) is 17.1 Å². The SMILES string of the molecule is CC(c1ccncc1)N(C)C(=O)c1cccc2cc[nH]c12. The van der Waals surface area contributed by atoms with Gasteiger partial charge in [0.1, 0.15) is 0 Å². The molecule has 0 saturated carbocycles. The number of aromatic amines is 1. The quantitative estimate of drug-likeness (QED) is 0.799. The van der Waals surface area contributed by atoms with Crippen LogP contribution in [0.1, 0.15) is 28.9 Å². The minimum Gasteiger partial charge on any atom is -0.361 e. The third-order valence-corrected chi connectivity index (χ3v) is 3.91. The van der Waals surface area contributed by atoms with Crippen molar-refractivity contribution >= 4 is 16.8 Å². The van der Waals surface area contributed by atoms with Gasteiger partial charge in [0.15, 0.2) is 0 Å². The van der Waals surface area contributed by atoms with Gasteiger partial charge >= 0.3 is 0 Å². The summed E-state index contributed by atoms with van der Waals surface area (Å²) in [4.78, 5) is 21.7. The van der Waals surface area contributed by atoms with Crippen LogP contribution in [0.25, 0.3) is 10.9 Å². The Hall–Kier alpha value is -2.62. The van der Waals surface area contributed by atoms with Crippen molar-refractivity contribution in [2.24, 2.45) is 0 Å². The number of fused-ring (bicyclic) bond motifs is 1. The van der Waals surface area contributed by atoms with Crippen LogP contribution in [-0.2, 0) is 0 Å². The zero-order valence-corrected chi connectivity index (χ0v) is 12.1. The average Bonchev–Trinajstić information content (AvgIpc) is 3.02. The smallest absolute Gasteiger partial charge is 0.256 e. The molecule has 3 aromatic rings. The summed E-state index contributed by atoms with van der Waals surface area (Å²) in [7, 11) is 1.83. The van der Waals surface area contributed by atoms with E-state index in [9.17, 15) is 4.79 Å². The summed E-state index contributed by atoms with van der Waals surface area (Å²) in [5.41, 5.74) is 2.65. The fourth-order valence-corrected chi connectivity index (χ4v) is 2.49. The summed E-state index contributed by atoms with van der Waals surface area (Å²) in [6, 6.07) is 11.6. The molecule has 0 aliphatic rings. The maximum absolute atomic E-state index is 12.8. The topological polar surface area (TPSA) is 49.0 Å². The lowest BCUT2D eigenvalue weighted by Crippen LogP contribution is -2.29. The van der Waals surface area contributed by atoms with Crippen molar-refractivity contribution in [3.8, 4) is 0 Å². The molecule has 0 aliphatic carbocycles. The number of hydrogen-bond donors (Lipinski definition) is 1. The number of hydrogen-bond acceptors (Lipinski definition) is 2. The molecular formula is C17H17N3O. The minimum absolute atomic E-state index is 0.00682. The number of carbonyl (C=O) groups is 1. The summed E-state index contributed by atoms with van der Waals surface area (Å²) in [6.07, 6.45) is 5.35. The van der Waals surface area contributed by atoms with Gasteiger partial charge in [-0.25, -0.2) is 0 Å². The first kappa shape index (κ1) is 13.4. The van der Waals surface area contributed by atoms with Gasteiger partial charge in [0.2, 0.25) is 0 Å². The molecule has 1 unspecified atom stereocenters. The van der Waals surface area contributed by atoms with Gasteiger partial charge in [-0.1, -0.05) is 12.1 Å². The van der Waals surface area contributed by atoms with Crippen LogP contribution in [-0.4, -0.2) is 27.8 Å². The van der Waals surface area contributed by atoms with Crippen molar-refractivity contribution < 1.29 is 4.79 Å². The highest BCUT2D eigenvalue weighted by atomic mass is 16.2. The fourth-order valence-electron chi connectivity index (χ4n) is 2.49. The summed E-state index contributed by atoms with van der Waals surface area (Å²) in [5.74, 6) is 0.00682. The van der Waals surface area contributed by atoms with Gasteiger partial charge in [0, 0.05) is 31.0 Å². The summed E-state index contributed by atoms with van der Waals surface area (Å²) >= 11 is 0. The van der Waals surface area contributed by atoms with Crippen molar-refractivity contribution in [1.82, 2.24) is 14.9 Å². The van der Waals surface area contributed by atoms with E-state index in [4.69, 9.17) is 0 Å². The summed E-state index contributed by atoms with van der Waals surface area (Å²) in [6.45, 7) is 2.02. The lowest BCUT2D eigenvalue weighted by molar-refractivity contribution is 0.0744. The predicted octanol–water partition coefficient (Wildman–Crippen LogP) is 3.40. The number of H-pyrrole nitrogens is 1. The van der Waals surface area contributed by atoms with E-state index in [2.05, 4.69) is 9.97 Å². The van der Waals surface area contributed by atoms with Crippen molar-refractivity contribution in [1.29, 1.82) is 0 Å². The van der Waals surface area contributed by atoms with Crippen LogP contribution in [0, 0.1) is 0 Å². The molecule has 0 fully saturated rings. The lowest BCUT2D eigenvalue weighted by Gasteiger charge is -2.25. The Balaban J connectivity index is 1.93. The number of para-hydroxylation sites is 1. The molecule has 1 amide bonds. The van der Waals surface area contributed by atoms with E-state index in [0.29, 0.717) is 5.56 Å². The first-order valence-corrected chi connectivity index (χ1v) is 6.91. The molecule has 1 atom stereocenters. The Kier molecular flexibility index (Phi) is 3.44. The Morgan fingerprint density at radius 1 is 1.19 bits per heavy atom. The van der Waals surface area contributed by atoms with Crippen LogP contribution in [0.15, 0.2) is 55.0 Å². The normalized spacial score (nSPS) is 12.3. The molecule has 4 heteroatoms. The standard InChI is InChI=1S/C17H17N3O/c1-12(13-6-9-18-10-7-13)20(2)17(21)15-5-3-4-14-8-11-19-16(14)15/h3-12,19H,1-2H3. The second kappa shape index (κ2) is 5.40. The van der Waals surface area contributed by atoms with E-state index in [0.717, 1.165) is 16.5 Å². The number of pyridine rings is 1. The second-order valence-electron chi connectivity index (χ2n) is 5.12. The third-order valence-electron chi connectivity index (χ3n) is 3.91. The van der Waals surface area contributed by atoms with Crippen LogP contribution >= 0.6 is 0 Å². The molecule has 21 heavy (non-hydrogen) atoms. The Morgan fingerprint density at radius 2 is 1.95 bits per heavy atom. The van der Waals surface area contributed by atoms with Crippen LogP contribution in [0.2, 0.25) is 0 Å². The predicted molar refractivity (Wildman–Crippen MR) is 83.0 cm³/mol. The van der Waals surface area contributed by atoms with E-state index < -0.39 is 0 Å². The Bertz CT molecular complexity index is 764. The maximum atomic E-state index is 12.8. The molecule has 3 rings (SSSR count). The number of aromatic nitrogens is 2. The molecule has 0 spiro atoms. The number of nitrogens with one attached hydrogen (secondary N) is 1. The molecular weight excluding hydrogens is 262 g/mol. The number of nitrogens with zero attached hydrogens (tertiary/aromatic N) is 2. The molecule has 0 saturated heterocycles. The van der Waals surface area contributed by atoms with Crippen LogP contribution in [0.3, 0.4) is 0 Å². The van der Waals surface area contributed by atoms with Crippen LogP contribution in [0.4, 0.5) is 0 Å². The van der Waals surface area contributed by atoms with E-state index in [1.54, 1.807) is 17.3 Å². The van der Waals surface area contributed by atoms with Crippen molar-refractivity contribution in [2.75, 3.05) is 7.05 Å². The Labute approximate surface area is 123 Å². The minimum atomic E-state index is -0.00859. The fraction of sp³-hybridized carbons (Fsp3) is 0.176. The number of amides is 1. The third kappa shape index (κ3) is 2.40. The Morgan fingerprint density at radius 3 is 2.71 bits per heavy atom. The van der Waals surface area contributed by atoms with E-state index in [1.165, 1.54) is 0 Å². The maximum Gasteiger partial charge on any atom is 0.256 e. The van der Waals surface area contributed by atoms with Gasteiger partial charge < -0.3 is 9.88 Å². The zero-order chi connectivity index (χ0) is 14.8. The van der Waals surface area contributed by atoms with Gasteiger partial charge in [-0.15, -0.1) is 0 Å². The molecule has 0 aliphatic heterocycles. The first-order valence-electron chi connectivity index (χ1n) is 6.91. The molecule has 2 heterocycles. The number of benzene rings is 1. The molecule has 106 valence electrons. The monoisotopic (exact) mass is 279 g/mol. The largest absolute Gasteiger partial charge is 0.361 e. The van der Waals surface area contributed by atoms with Gasteiger partial charge in [0.25, 0.3) is 5.91 Å². The van der Waals surface area contributed by atoms with Gasteiger partial charge in [-0.2, -0.15) is 0 Å². The second-order valence-corrected chi connectivity index (χ2v) is 5.12. The number of rotatable bonds is 3. The van der Waals surface area contributed by atoms with Crippen molar-refractivity contribution in [3.05, 3.63) is 66.1 Å². The molecule has 1 aromatic carbocycles. The van der Waals surface area contributed by atoms with Crippen LogP contribution in [0.5, 0.6) is 0 Å². The van der Waals surface area contributed by atoms with E-state index in [-0.39, 0.29) is 11.9 Å². The van der Waals surface area contributed by atoms with Crippen LogP contribution < -0.4 is 0 Å². The number of carbonyl (C=O) groups excluding carboxylic acids is 1. The van der Waals surface area contributed by atoms with Crippen molar-refractivity contribution in [2.45, 2.75) is 13.0 Å². The van der Waals surface area contributed by atoms with E-state index >= 15 is 0 Å². The molecule has 2 aromatic heterocycles. The molecule has 0 bridgehead atoms. The molecule has 1 N–H and O–H groups in total. The highest BCUT2D eigenvalue weighted by molar-refractivity contribution is 6.05. The van der Waals surface area contributed by atoms with E-state index in [1.807, 2.05) is 56.6 Å². The average molecular weight is 279 g/mol. The summed E-state index contributed by atoms with van der Waals surface area (Å²) in [5, 5.41) is 1.05. The molecule has 0 radical (unpaired) electrons. The highest BCUT2D eigenvalue weighted by Gasteiger charge is 2.20. The zero-order valence-electron chi connectivity index (χ0n) is 12.1. The summed E-state index contributed by atoms with van der Waals surface area (Å²) < 4.78 is 0. The lowest BCUT2D eigenvalue weighted by atomic mass is 10.1.